The van der Waals surface area contributed by atoms with Gasteiger partial charge in [0.25, 0.3) is 0 Å². The van der Waals surface area contributed by atoms with E-state index in [1.165, 1.54) is 17.7 Å². The third-order valence-electron chi connectivity index (χ3n) is 4.11. The van der Waals surface area contributed by atoms with Crippen molar-refractivity contribution in [2.75, 3.05) is 25.0 Å². The van der Waals surface area contributed by atoms with Crippen molar-refractivity contribution in [1.29, 1.82) is 0 Å². The third-order valence-corrected chi connectivity index (χ3v) is 4.11. The lowest BCUT2D eigenvalue weighted by atomic mass is 9.99. The molecule has 1 aliphatic rings. The van der Waals surface area contributed by atoms with E-state index in [0.29, 0.717) is 6.42 Å². The second-order valence-corrected chi connectivity index (χ2v) is 5.83. The summed E-state index contributed by atoms with van der Waals surface area (Å²) in [7, 11) is 0. The first kappa shape index (κ1) is 16.3. The normalized spacial score (nSPS) is 15.0. The van der Waals surface area contributed by atoms with Gasteiger partial charge in [-0.25, -0.2) is 4.39 Å². The zero-order chi connectivity index (χ0) is 16.8. The van der Waals surface area contributed by atoms with Gasteiger partial charge < -0.3 is 5.32 Å². The Bertz CT molecular complexity index is 713. The number of anilines is 1. The Morgan fingerprint density at radius 1 is 1.25 bits per heavy atom. The van der Waals surface area contributed by atoms with Crippen LogP contribution in [-0.2, 0) is 4.79 Å². The number of nitrogens with zero attached hydrogens (tertiary/aromatic N) is 2. The molecule has 124 valence electrons. The lowest BCUT2D eigenvalue weighted by Crippen LogP contribution is -2.31. The number of amides is 1. The van der Waals surface area contributed by atoms with Crippen molar-refractivity contribution >= 4 is 17.2 Å². The highest BCUT2D eigenvalue weighted by molar-refractivity contribution is 5.90. The Morgan fingerprint density at radius 2 is 2.08 bits per heavy atom. The Labute approximate surface area is 141 Å². The minimum absolute atomic E-state index is 0.00342. The molecule has 0 unspecified atom stereocenters. The molecular weight excluding hydrogens is 305 g/mol. The van der Waals surface area contributed by atoms with Crippen LogP contribution in [0.1, 0.15) is 18.4 Å². The molecule has 0 bridgehead atoms. The number of hydrogen-bond acceptors (Lipinski definition) is 3. The Balaban J connectivity index is 1.46. The minimum Gasteiger partial charge on any atom is -0.325 e. The van der Waals surface area contributed by atoms with Gasteiger partial charge >= 0.3 is 0 Å². The number of pyridine rings is 1. The molecule has 4 nitrogen and oxygen atoms in total. The highest BCUT2D eigenvalue weighted by Gasteiger charge is 2.14. The molecule has 0 fully saturated rings. The lowest BCUT2D eigenvalue weighted by Gasteiger charge is -2.26. The van der Waals surface area contributed by atoms with Crippen molar-refractivity contribution in [3.8, 4) is 0 Å². The summed E-state index contributed by atoms with van der Waals surface area (Å²) in [4.78, 5) is 18.2. The molecule has 0 saturated heterocycles. The van der Waals surface area contributed by atoms with Gasteiger partial charge in [0, 0.05) is 32.3 Å². The highest BCUT2D eigenvalue weighted by Crippen LogP contribution is 2.22. The lowest BCUT2D eigenvalue weighted by molar-refractivity contribution is -0.116. The van der Waals surface area contributed by atoms with E-state index in [4.69, 9.17) is 0 Å². The van der Waals surface area contributed by atoms with Crippen molar-refractivity contribution in [3.05, 3.63) is 66.2 Å². The molecule has 3 rings (SSSR count). The van der Waals surface area contributed by atoms with Gasteiger partial charge in [0.2, 0.25) is 5.91 Å². The van der Waals surface area contributed by atoms with Crippen molar-refractivity contribution in [3.63, 3.8) is 0 Å². The summed E-state index contributed by atoms with van der Waals surface area (Å²) in [5.74, 6) is -0.215. The zero-order valence-electron chi connectivity index (χ0n) is 13.4. The maximum absolute atomic E-state index is 13.0. The molecule has 5 heteroatoms. The van der Waals surface area contributed by atoms with Crippen LogP contribution >= 0.6 is 0 Å². The van der Waals surface area contributed by atoms with Gasteiger partial charge in [0.1, 0.15) is 5.82 Å². The van der Waals surface area contributed by atoms with Crippen LogP contribution in [0.5, 0.6) is 0 Å². The van der Waals surface area contributed by atoms with Gasteiger partial charge in [-0.3, -0.25) is 14.7 Å². The molecule has 0 aliphatic carbocycles. The van der Waals surface area contributed by atoms with Crippen LogP contribution in [0.2, 0.25) is 0 Å². The molecule has 0 saturated carbocycles. The first-order chi connectivity index (χ1) is 11.7. The van der Waals surface area contributed by atoms with Gasteiger partial charge in [0.05, 0.1) is 11.9 Å². The van der Waals surface area contributed by atoms with Crippen molar-refractivity contribution in [1.82, 2.24) is 9.88 Å². The van der Waals surface area contributed by atoms with E-state index in [0.717, 1.165) is 37.3 Å². The summed E-state index contributed by atoms with van der Waals surface area (Å²) < 4.78 is 13.0. The predicted octanol–water partition coefficient (Wildman–Crippen LogP) is 3.34. The fourth-order valence-electron chi connectivity index (χ4n) is 2.76. The summed E-state index contributed by atoms with van der Waals surface area (Å²) in [6, 6.07) is 10.2. The Morgan fingerprint density at radius 3 is 2.75 bits per heavy atom. The SMILES string of the molecule is O=C(CCN1CC=C(c2ccc(F)cc2)CC1)Nc1cccnc1. The number of carbonyl (C=O) groups is 1. The van der Waals surface area contributed by atoms with E-state index in [-0.39, 0.29) is 11.7 Å². The second-order valence-electron chi connectivity index (χ2n) is 5.83. The maximum atomic E-state index is 13.0. The number of rotatable bonds is 5. The fourth-order valence-corrected chi connectivity index (χ4v) is 2.76. The molecule has 2 aromatic rings. The van der Waals surface area contributed by atoms with Crippen LogP contribution < -0.4 is 5.32 Å². The van der Waals surface area contributed by atoms with E-state index in [1.54, 1.807) is 18.5 Å². The van der Waals surface area contributed by atoms with Crippen LogP contribution in [-0.4, -0.2) is 35.4 Å². The Kier molecular flexibility index (Phi) is 5.33. The molecule has 0 atom stereocenters. The molecular formula is C19H20FN3O. The van der Waals surface area contributed by atoms with Crippen molar-refractivity contribution < 1.29 is 9.18 Å². The van der Waals surface area contributed by atoms with Crippen LogP contribution in [0.25, 0.3) is 5.57 Å². The molecule has 1 amide bonds. The van der Waals surface area contributed by atoms with Crippen molar-refractivity contribution in [2.45, 2.75) is 12.8 Å². The summed E-state index contributed by atoms with van der Waals surface area (Å²) >= 11 is 0. The van der Waals surface area contributed by atoms with Crippen LogP contribution in [0.15, 0.2) is 54.9 Å². The maximum Gasteiger partial charge on any atom is 0.225 e. The van der Waals surface area contributed by atoms with Gasteiger partial charge in [0.15, 0.2) is 0 Å². The number of halogens is 1. The zero-order valence-corrected chi connectivity index (χ0v) is 13.4. The summed E-state index contributed by atoms with van der Waals surface area (Å²) in [6.45, 7) is 2.44. The van der Waals surface area contributed by atoms with Gasteiger partial charge in [-0.2, -0.15) is 0 Å². The third kappa shape index (κ3) is 4.49. The second kappa shape index (κ2) is 7.84. The summed E-state index contributed by atoms with van der Waals surface area (Å²) in [5.41, 5.74) is 3.04. The predicted molar refractivity (Wildman–Crippen MR) is 92.9 cm³/mol. The molecule has 1 aliphatic heterocycles. The van der Waals surface area contributed by atoms with Gasteiger partial charge in [-0.1, -0.05) is 18.2 Å². The first-order valence-corrected chi connectivity index (χ1v) is 8.08. The molecule has 1 aromatic heterocycles. The molecule has 2 heterocycles. The van der Waals surface area contributed by atoms with E-state index < -0.39 is 0 Å². The van der Waals surface area contributed by atoms with Crippen LogP contribution in [0.4, 0.5) is 10.1 Å². The Hall–Kier alpha value is -2.53. The van der Waals surface area contributed by atoms with Gasteiger partial charge in [-0.05, 0) is 41.8 Å². The average Bonchev–Trinajstić information content (AvgIpc) is 2.62. The quantitative estimate of drug-likeness (QED) is 0.917. The van der Waals surface area contributed by atoms with E-state index in [9.17, 15) is 9.18 Å². The smallest absolute Gasteiger partial charge is 0.225 e. The number of benzene rings is 1. The summed E-state index contributed by atoms with van der Waals surface area (Å²) in [5, 5.41) is 2.84. The number of aromatic nitrogens is 1. The first-order valence-electron chi connectivity index (χ1n) is 8.08. The van der Waals surface area contributed by atoms with Crippen LogP contribution in [0.3, 0.4) is 0 Å². The number of carbonyl (C=O) groups excluding carboxylic acids is 1. The van der Waals surface area contributed by atoms with E-state index in [2.05, 4.69) is 21.3 Å². The number of nitrogens with one attached hydrogen (secondary N) is 1. The van der Waals surface area contributed by atoms with E-state index >= 15 is 0 Å². The molecule has 1 N–H and O–H groups in total. The fraction of sp³-hybridized carbons (Fsp3) is 0.263. The van der Waals surface area contributed by atoms with Gasteiger partial charge in [-0.15, -0.1) is 0 Å². The standard InChI is InChI=1S/C19H20FN3O/c20-17-5-3-15(4-6-17)16-7-11-23(12-8-16)13-9-19(24)22-18-2-1-10-21-14-18/h1-7,10,14H,8-9,11-13H2,(H,22,24). The average molecular weight is 325 g/mol. The van der Waals surface area contributed by atoms with Crippen LogP contribution in [0, 0.1) is 5.82 Å². The van der Waals surface area contributed by atoms with E-state index in [1.807, 2.05) is 18.2 Å². The largest absolute Gasteiger partial charge is 0.325 e. The topological polar surface area (TPSA) is 45.2 Å². The minimum atomic E-state index is -0.212. The monoisotopic (exact) mass is 325 g/mol. The highest BCUT2D eigenvalue weighted by atomic mass is 19.1. The number of hydrogen-bond donors (Lipinski definition) is 1. The molecule has 24 heavy (non-hydrogen) atoms. The molecule has 0 radical (unpaired) electrons. The summed E-state index contributed by atoms with van der Waals surface area (Å²) in [6.07, 6.45) is 6.84. The molecule has 1 aromatic carbocycles. The van der Waals surface area contributed by atoms with Crippen molar-refractivity contribution in [2.24, 2.45) is 0 Å². The molecule has 0 spiro atoms.